The summed E-state index contributed by atoms with van der Waals surface area (Å²) in [5.41, 5.74) is 0. The standard InChI is InChI=1S/C2Cl2F4.CCl2F2.CHClF2/c3-1(4,5)2(6,7)8;2-1(3,4)5;2-1(3)4/h;;1H. The van der Waals surface area contributed by atoms with Gasteiger partial charge in [0, 0.05) is 0 Å². The fraction of sp³-hybridized carbons (Fsp3) is 1.00. The molecule has 0 aliphatic heterocycles. The summed E-state index contributed by atoms with van der Waals surface area (Å²) in [5, 5.41) is 0. The van der Waals surface area contributed by atoms with Gasteiger partial charge in [0.05, 0.1) is 0 Å². The van der Waals surface area contributed by atoms with Gasteiger partial charge in [-0.25, -0.2) is 0 Å². The number of alkyl halides is 13. The molecule has 0 radical (unpaired) electrons. The first-order valence-corrected chi connectivity index (χ1v) is 4.74. The lowest BCUT2D eigenvalue weighted by Crippen LogP contribution is -2.28. The summed E-state index contributed by atoms with van der Waals surface area (Å²) < 4.78 is 81.3. The van der Waals surface area contributed by atoms with Gasteiger partial charge in [0.25, 0.3) is 0 Å². The van der Waals surface area contributed by atoms with Gasteiger partial charge in [-0.15, -0.1) is 0 Å². The van der Waals surface area contributed by atoms with E-state index in [1.165, 1.54) is 0 Å². The maximum absolute atomic E-state index is 11.3. The molecule has 0 unspecified atom stereocenters. The van der Waals surface area contributed by atoms with Crippen LogP contribution in [0.3, 0.4) is 0 Å². The lowest BCUT2D eigenvalue weighted by Gasteiger charge is -2.11. The van der Waals surface area contributed by atoms with E-state index in [-0.39, 0.29) is 0 Å². The van der Waals surface area contributed by atoms with Crippen LogP contribution in [0.2, 0.25) is 0 Å². The molecule has 0 aliphatic rings. The highest BCUT2D eigenvalue weighted by molar-refractivity contribution is 6.47. The Morgan fingerprint density at radius 2 is 0.765 bits per heavy atom. The Kier molecular flexibility index (Phi) is 12.1. The summed E-state index contributed by atoms with van der Waals surface area (Å²) >= 11 is 19.8. The first-order chi connectivity index (χ1) is 6.98. The van der Waals surface area contributed by atoms with Crippen molar-refractivity contribution in [2.45, 2.75) is 21.5 Å². The van der Waals surface area contributed by atoms with Gasteiger partial charge in [-0.1, -0.05) is 34.8 Å². The first kappa shape index (κ1) is 23.0. The zero-order valence-corrected chi connectivity index (χ0v) is 10.8. The average Bonchev–Trinajstić information content (AvgIpc) is 1.73. The molecule has 0 N–H and O–H groups in total. The van der Waals surface area contributed by atoms with Gasteiger partial charge in [-0.3, -0.25) is 0 Å². The summed E-state index contributed by atoms with van der Waals surface area (Å²) in [6.45, 7) is 0. The normalized spacial score (nSPS) is 12.4. The topological polar surface area (TPSA) is 0 Å². The Labute approximate surface area is 115 Å². The Bertz CT molecular complexity index is 159. The molecule has 17 heavy (non-hydrogen) atoms. The molecule has 13 heteroatoms. The summed E-state index contributed by atoms with van der Waals surface area (Å²) in [6, 6.07) is 0. The second-order valence-electron chi connectivity index (χ2n) is 1.67. The van der Waals surface area contributed by atoms with E-state index >= 15 is 0 Å². The predicted octanol–water partition coefficient (Wildman–Crippen LogP) is 6.11. The van der Waals surface area contributed by atoms with Crippen LogP contribution in [-0.2, 0) is 0 Å². The quantitative estimate of drug-likeness (QED) is 0.352. The minimum atomic E-state index is -5.20. The zero-order valence-electron chi connectivity index (χ0n) is 6.99. The number of hydrogen-bond acceptors (Lipinski definition) is 0. The summed E-state index contributed by atoms with van der Waals surface area (Å²) in [6.07, 6.45) is -5.20. The van der Waals surface area contributed by atoms with Crippen LogP contribution in [0.25, 0.3) is 0 Å². The molecule has 0 aliphatic carbocycles. The van der Waals surface area contributed by atoms with Crippen molar-refractivity contribution in [3.05, 3.63) is 0 Å². The Hall–Kier alpha value is 0.890. The molecule has 0 aromatic rings. The van der Waals surface area contributed by atoms with Crippen LogP contribution in [0.4, 0.5) is 35.1 Å². The van der Waals surface area contributed by atoms with Gasteiger partial charge < -0.3 is 0 Å². The monoisotopic (exact) mass is 376 g/mol. The Balaban J connectivity index is -0.000000188. The van der Waals surface area contributed by atoms with Gasteiger partial charge >= 0.3 is 21.5 Å². The molecular weight excluding hydrogens is 377 g/mol. The van der Waals surface area contributed by atoms with Gasteiger partial charge in [-0.05, 0) is 23.2 Å². The van der Waals surface area contributed by atoms with Crippen molar-refractivity contribution >= 4 is 58.0 Å². The van der Waals surface area contributed by atoms with E-state index in [1.54, 1.807) is 0 Å². The van der Waals surface area contributed by atoms with Crippen molar-refractivity contribution in [3.8, 4) is 0 Å². The van der Waals surface area contributed by atoms with Crippen molar-refractivity contribution in [2.24, 2.45) is 0 Å². The molecule has 0 heterocycles. The second kappa shape index (κ2) is 8.90. The van der Waals surface area contributed by atoms with Crippen molar-refractivity contribution in [2.75, 3.05) is 0 Å². The van der Waals surface area contributed by atoms with Crippen molar-refractivity contribution in [1.29, 1.82) is 0 Å². The molecule has 0 aromatic heterocycles. The lowest BCUT2D eigenvalue weighted by atomic mass is 10.7. The highest BCUT2D eigenvalue weighted by Gasteiger charge is 2.53. The largest absolute Gasteiger partial charge is 0.452 e. The molecule has 0 nitrogen and oxygen atoms in total. The molecule has 0 atom stereocenters. The smallest absolute Gasteiger partial charge is 0.198 e. The van der Waals surface area contributed by atoms with Gasteiger partial charge in [0.15, 0.2) is 0 Å². The molecule has 108 valence electrons. The average molecular weight is 378 g/mol. The minimum absolute atomic E-state index is 2.69. The van der Waals surface area contributed by atoms with E-state index in [0.29, 0.717) is 0 Å². The number of rotatable bonds is 0. The number of halogens is 13. The fourth-order valence-electron chi connectivity index (χ4n) is 0. The maximum atomic E-state index is 11.3. The zero-order chi connectivity index (χ0) is 15.1. The van der Waals surface area contributed by atoms with Gasteiger partial charge in [0.2, 0.25) is 0 Å². The van der Waals surface area contributed by atoms with Crippen LogP contribution in [0.5, 0.6) is 0 Å². The van der Waals surface area contributed by atoms with E-state index in [9.17, 15) is 35.1 Å². The first-order valence-electron chi connectivity index (χ1n) is 2.79. The third kappa shape index (κ3) is 38.3. The highest BCUT2D eigenvalue weighted by atomic mass is 35.5. The predicted molar refractivity (Wildman–Crippen MR) is 50.1 cm³/mol. The lowest BCUT2D eigenvalue weighted by molar-refractivity contribution is -0.170. The van der Waals surface area contributed by atoms with Gasteiger partial charge in [-0.2, -0.15) is 35.1 Å². The molecule has 0 saturated carbocycles. The summed E-state index contributed by atoms with van der Waals surface area (Å²) in [7, 11) is 0. The van der Waals surface area contributed by atoms with E-state index in [1.807, 2.05) is 0 Å². The summed E-state index contributed by atoms with van der Waals surface area (Å²) in [5.74, 6) is -2.69. The highest BCUT2D eigenvalue weighted by Crippen LogP contribution is 2.40. The Morgan fingerprint density at radius 3 is 0.765 bits per heavy atom. The molecule has 0 spiro atoms. The molecule has 0 saturated heterocycles. The van der Waals surface area contributed by atoms with Crippen LogP contribution >= 0.6 is 58.0 Å². The van der Waals surface area contributed by atoms with Crippen molar-refractivity contribution < 1.29 is 35.1 Å². The van der Waals surface area contributed by atoms with Crippen LogP contribution in [0.1, 0.15) is 0 Å². The Morgan fingerprint density at radius 1 is 0.706 bits per heavy atom. The third-order valence-electron chi connectivity index (χ3n) is 0.321. The molecular formula is C4HCl5F8. The molecule has 0 fully saturated rings. The number of hydrogen-bond donors (Lipinski definition) is 0. The summed E-state index contributed by atoms with van der Waals surface area (Å²) in [4.78, 5) is -3.56. The van der Waals surface area contributed by atoms with E-state index in [4.69, 9.17) is 0 Å². The van der Waals surface area contributed by atoms with E-state index < -0.39 is 21.5 Å². The third-order valence-corrected chi connectivity index (χ3v) is 0.750. The molecule has 0 amide bonds. The van der Waals surface area contributed by atoms with Gasteiger partial charge in [0.1, 0.15) is 0 Å². The van der Waals surface area contributed by atoms with E-state index in [0.717, 1.165) is 0 Å². The second-order valence-corrected chi connectivity index (χ2v) is 4.38. The van der Waals surface area contributed by atoms with Crippen molar-refractivity contribution in [1.82, 2.24) is 0 Å². The van der Waals surface area contributed by atoms with E-state index in [2.05, 4.69) is 58.0 Å². The van der Waals surface area contributed by atoms with Crippen LogP contribution in [0, 0.1) is 0 Å². The molecule has 0 bridgehead atoms. The van der Waals surface area contributed by atoms with Crippen molar-refractivity contribution in [3.63, 3.8) is 0 Å². The maximum Gasteiger partial charge on any atom is 0.452 e. The fourth-order valence-corrected chi connectivity index (χ4v) is 0. The van der Waals surface area contributed by atoms with Crippen LogP contribution < -0.4 is 0 Å². The molecule has 0 rings (SSSR count). The molecule has 0 aromatic carbocycles. The van der Waals surface area contributed by atoms with Crippen LogP contribution in [0.15, 0.2) is 0 Å². The minimum Gasteiger partial charge on any atom is -0.198 e. The van der Waals surface area contributed by atoms with Crippen LogP contribution in [-0.4, -0.2) is 21.5 Å². The SMILES string of the molecule is FC(F)(Cl)Cl.FC(F)(F)C(F)(Cl)Cl.FC(F)Cl.